The van der Waals surface area contributed by atoms with Crippen molar-refractivity contribution in [3.8, 4) is 0 Å². The molecule has 0 aliphatic carbocycles. The fourth-order valence-electron chi connectivity index (χ4n) is 1.96. The van der Waals surface area contributed by atoms with E-state index in [-0.39, 0.29) is 0 Å². The zero-order chi connectivity index (χ0) is 11.3. The summed E-state index contributed by atoms with van der Waals surface area (Å²) in [6.07, 6.45) is 5.80. The zero-order valence-electron chi connectivity index (χ0n) is 10.3. The molecule has 0 spiro atoms. The van der Waals surface area contributed by atoms with Gasteiger partial charge in [-0.1, -0.05) is 39.3 Å². The lowest BCUT2D eigenvalue weighted by Gasteiger charge is -2.12. The molecule has 2 N–H and O–H groups in total. The van der Waals surface area contributed by atoms with Crippen LogP contribution in [0.25, 0.3) is 0 Å². The van der Waals surface area contributed by atoms with Crippen molar-refractivity contribution in [3.05, 3.63) is 28.8 Å². The first-order valence-electron chi connectivity index (χ1n) is 6.13. The molecule has 0 aliphatic rings. The predicted octanol–water partition coefficient (Wildman–Crippen LogP) is 3.74. The summed E-state index contributed by atoms with van der Waals surface area (Å²) in [5, 5.41) is 0. The molecule has 0 saturated carbocycles. The number of nitrogens with two attached hydrogens (primary N) is 1. The SMILES string of the molecule is CCCCc1cc(CC)c(N)c(CC)c1. The van der Waals surface area contributed by atoms with Crippen LogP contribution in [0.1, 0.15) is 50.3 Å². The molecule has 0 saturated heterocycles. The van der Waals surface area contributed by atoms with Gasteiger partial charge in [0.15, 0.2) is 0 Å². The van der Waals surface area contributed by atoms with Gasteiger partial charge in [-0.05, 0) is 42.4 Å². The Kier molecular flexibility index (Phi) is 4.67. The Balaban J connectivity index is 2.98. The summed E-state index contributed by atoms with van der Waals surface area (Å²) in [5.74, 6) is 0. The molecule has 84 valence electrons. The number of unbranched alkanes of at least 4 members (excludes halogenated alkanes) is 1. The van der Waals surface area contributed by atoms with E-state index in [1.54, 1.807) is 0 Å². The minimum atomic E-state index is 1.01. The van der Waals surface area contributed by atoms with Crippen molar-refractivity contribution in [2.24, 2.45) is 0 Å². The highest BCUT2D eigenvalue weighted by Crippen LogP contribution is 2.22. The van der Waals surface area contributed by atoms with Crippen LogP contribution in [-0.4, -0.2) is 0 Å². The summed E-state index contributed by atoms with van der Waals surface area (Å²) in [6, 6.07) is 4.56. The first-order valence-corrected chi connectivity index (χ1v) is 6.13. The van der Waals surface area contributed by atoms with Crippen molar-refractivity contribution in [2.45, 2.75) is 52.9 Å². The molecule has 0 aliphatic heterocycles. The summed E-state index contributed by atoms with van der Waals surface area (Å²) in [7, 11) is 0. The lowest BCUT2D eigenvalue weighted by molar-refractivity contribution is 0.792. The number of anilines is 1. The Morgan fingerprint density at radius 3 is 1.93 bits per heavy atom. The van der Waals surface area contributed by atoms with E-state index in [0.29, 0.717) is 0 Å². The molecule has 1 aromatic rings. The fourth-order valence-corrected chi connectivity index (χ4v) is 1.96. The van der Waals surface area contributed by atoms with E-state index in [1.165, 1.54) is 36.0 Å². The van der Waals surface area contributed by atoms with Crippen LogP contribution >= 0.6 is 0 Å². The van der Waals surface area contributed by atoms with Crippen LogP contribution in [0.3, 0.4) is 0 Å². The lowest BCUT2D eigenvalue weighted by atomic mass is 9.97. The van der Waals surface area contributed by atoms with Gasteiger partial charge in [-0.3, -0.25) is 0 Å². The summed E-state index contributed by atoms with van der Waals surface area (Å²) in [4.78, 5) is 0. The van der Waals surface area contributed by atoms with Gasteiger partial charge < -0.3 is 5.73 Å². The monoisotopic (exact) mass is 205 g/mol. The van der Waals surface area contributed by atoms with Crippen molar-refractivity contribution in [1.29, 1.82) is 0 Å². The van der Waals surface area contributed by atoms with Crippen molar-refractivity contribution in [2.75, 3.05) is 5.73 Å². The summed E-state index contributed by atoms with van der Waals surface area (Å²) in [6.45, 7) is 6.59. The highest BCUT2D eigenvalue weighted by Gasteiger charge is 2.05. The maximum absolute atomic E-state index is 6.10. The predicted molar refractivity (Wildman–Crippen MR) is 68.2 cm³/mol. The molecule has 1 nitrogen and oxygen atoms in total. The van der Waals surface area contributed by atoms with Crippen LogP contribution in [0.2, 0.25) is 0 Å². The van der Waals surface area contributed by atoms with E-state index >= 15 is 0 Å². The second-order valence-electron chi connectivity index (χ2n) is 4.14. The molecule has 1 rings (SSSR count). The van der Waals surface area contributed by atoms with E-state index in [0.717, 1.165) is 18.5 Å². The molecule has 0 heterocycles. The van der Waals surface area contributed by atoms with E-state index < -0.39 is 0 Å². The van der Waals surface area contributed by atoms with Crippen LogP contribution in [0.15, 0.2) is 12.1 Å². The summed E-state index contributed by atoms with van der Waals surface area (Å²) in [5.41, 5.74) is 11.2. The maximum atomic E-state index is 6.10. The zero-order valence-corrected chi connectivity index (χ0v) is 10.3. The Morgan fingerprint density at radius 2 is 1.53 bits per heavy atom. The molecule has 0 unspecified atom stereocenters. The number of nitrogen functional groups attached to an aromatic ring is 1. The van der Waals surface area contributed by atoms with Crippen molar-refractivity contribution >= 4 is 5.69 Å². The fraction of sp³-hybridized carbons (Fsp3) is 0.571. The van der Waals surface area contributed by atoms with Crippen molar-refractivity contribution in [3.63, 3.8) is 0 Å². The van der Waals surface area contributed by atoms with Gasteiger partial charge in [-0.2, -0.15) is 0 Å². The Labute approximate surface area is 93.7 Å². The Morgan fingerprint density at radius 1 is 1.00 bits per heavy atom. The van der Waals surface area contributed by atoms with Crippen LogP contribution in [0.4, 0.5) is 5.69 Å². The van der Waals surface area contributed by atoms with Crippen LogP contribution in [0, 0.1) is 0 Å². The number of hydrogen-bond acceptors (Lipinski definition) is 1. The van der Waals surface area contributed by atoms with Gasteiger partial charge in [0.25, 0.3) is 0 Å². The topological polar surface area (TPSA) is 26.0 Å². The Bertz CT molecular complexity index is 290. The smallest absolute Gasteiger partial charge is 0.0379 e. The molecule has 0 amide bonds. The van der Waals surface area contributed by atoms with Gasteiger partial charge in [-0.25, -0.2) is 0 Å². The number of benzene rings is 1. The lowest BCUT2D eigenvalue weighted by Crippen LogP contribution is -2.01. The number of rotatable bonds is 5. The quantitative estimate of drug-likeness (QED) is 0.728. The van der Waals surface area contributed by atoms with Crippen LogP contribution in [0.5, 0.6) is 0 Å². The van der Waals surface area contributed by atoms with Gasteiger partial charge in [0.2, 0.25) is 0 Å². The first kappa shape index (κ1) is 12.1. The molecule has 0 atom stereocenters. The highest BCUT2D eigenvalue weighted by atomic mass is 14.6. The Hall–Kier alpha value is -0.980. The van der Waals surface area contributed by atoms with Crippen molar-refractivity contribution in [1.82, 2.24) is 0 Å². The second kappa shape index (κ2) is 5.79. The van der Waals surface area contributed by atoms with Gasteiger partial charge in [0.1, 0.15) is 0 Å². The molecule has 0 radical (unpaired) electrons. The average molecular weight is 205 g/mol. The average Bonchev–Trinajstić information content (AvgIpc) is 2.27. The third-order valence-corrected chi connectivity index (χ3v) is 2.99. The maximum Gasteiger partial charge on any atom is 0.0379 e. The highest BCUT2D eigenvalue weighted by molar-refractivity contribution is 5.55. The first-order chi connectivity index (χ1) is 7.22. The molecular weight excluding hydrogens is 182 g/mol. The minimum absolute atomic E-state index is 1.01. The number of hydrogen-bond donors (Lipinski definition) is 1. The molecule has 1 aromatic carbocycles. The van der Waals surface area contributed by atoms with Gasteiger partial charge >= 0.3 is 0 Å². The second-order valence-corrected chi connectivity index (χ2v) is 4.14. The molecule has 15 heavy (non-hydrogen) atoms. The summed E-state index contributed by atoms with van der Waals surface area (Å²) < 4.78 is 0. The molecular formula is C14H23N. The van der Waals surface area contributed by atoms with Crippen LogP contribution < -0.4 is 5.73 Å². The van der Waals surface area contributed by atoms with Gasteiger partial charge in [-0.15, -0.1) is 0 Å². The third-order valence-electron chi connectivity index (χ3n) is 2.99. The van der Waals surface area contributed by atoms with Gasteiger partial charge in [0.05, 0.1) is 0 Å². The van der Waals surface area contributed by atoms with Gasteiger partial charge in [0, 0.05) is 5.69 Å². The third kappa shape index (κ3) is 2.98. The van der Waals surface area contributed by atoms with E-state index in [9.17, 15) is 0 Å². The largest absolute Gasteiger partial charge is 0.398 e. The van der Waals surface area contributed by atoms with E-state index in [2.05, 4.69) is 32.9 Å². The summed E-state index contributed by atoms with van der Waals surface area (Å²) >= 11 is 0. The minimum Gasteiger partial charge on any atom is -0.398 e. The normalized spacial score (nSPS) is 10.6. The van der Waals surface area contributed by atoms with E-state index in [4.69, 9.17) is 5.73 Å². The number of aryl methyl sites for hydroxylation is 3. The molecule has 0 aromatic heterocycles. The molecule has 1 heteroatoms. The van der Waals surface area contributed by atoms with Crippen LogP contribution in [-0.2, 0) is 19.3 Å². The standard InChI is InChI=1S/C14H23N/c1-4-7-8-11-9-12(5-2)14(15)13(6-3)10-11/h9-10H,4-8,15H2,1-3H3. The molecule has 0 fully saturated rings. The molecule has 0 bridgehead atoms. The van der Waals surface area contributed by atoms with E-state index in [1.807, 2.05) is 0 Å². The van der Waals surface area contributed by atoms with Crippen molar-refractivity contribution < 1.29 is 0 Å².